The molecule has 2 N–H and O–H groups in total. The Balaban J connectivity index is 6.09. The molecule has 0 unspecified atom stereocenters. The fourth-order valence-electron chi connectivity index (χ4n) is 2.60. The summed E-state index contributed by atoms with van der Waals surface area (Å²) in [5.41, 5.74) is 6.22. The lowest BCUT2D eigenvalue weighted by Crippen LogP contribution is -2.60. The summed E-state index contributed by atoms with van der Waals surface area (Å²) in [6, 6.07) is -0.771. The molecule has 0 aromatic heterocycles. The van der Waals surface area contributed by atoms with Gasteiger partial charge in [0.25, 0.3) is 0 Å². The van der Waals surface area contributed by atoms with E-state index in [1.54, 1.807) is 0 Å². The topological polar surface area (TPSA) is 80.0 Å². The standard InChI is InChI=1S/C18H45NO5Si4/c1-25(2,3)21-14-16(22-26(4,5)6)18(24-28(10,11)12)17(15(19)13-20)23-27(7,8)9/h13,15-18H,14,19H2,1-12H3/t15-,16+,17+,18+/m0/s1. The third kappa shape index (κ3) is 13.5. The number of carbonyl (C=O) groups excluding carboxylic acids is 1. The number of nitrogens with two attached hydrogens (primary N) is 1. The van der Waals surface area contributed by atoms with E-state index in [1.807, 2.05) is 0 Å². The third-order valence-corrected chi connectivity index (χ3v) is 7.39. The van der Waals surface area contributed by atoms with Gasteiger partial charge in [0.2, 0.25) is 0 Å². The Morgan fingerprint density at radius 1 is 0.679 bits per heavy atom. The van der Waals surface area contributed by atoms with Gasteiger partial charge >= 0.3 is 0 Å². The quantitative estimate of drug-likeness (QED) is 0.325. The molecule has 0 heterocycles. The van der Waals surface area contributed by atoms with Crippen LogP contribution in [0, 0.1) is 0 Å². The van der Waals surface area contributed by atoms with E-state index in [4.69, 9.17) is 23.4 Å². The summed E-state index contributed by atoms with van der Waals surface area (Å²) in [5, 5.41) is 0. The summed E-state index contributed by atoms with van der Waals surface area (Å²) in [4.78, 5) is 11.6. The van der Waals surface area contributed by atoms with E-state index in [2.05, 4.69) is 78.6 Å². The molecule has 28 heavy (non-hydrogen) atoms. The van der Waals surface area contributed by atoms with Crippen LogP contribution in [-0.4, -0.2) is 70.5 Å². The number of carbonyl (C=O) groups is 1. The minimum atomic E-state index is -1.98. The van der Waals surface area contributed by atoms with E-state index in [0.717, 1.165) is 6.29 Å². The number of aldehydes is 1. The molecule has 0 radical (unpaired) electrons. The maximum absolute atomic E-state index is 11.6. The van der Waals surface area contributed by atoms with Crippen molar-refractivity contribution >= 4 is 39.6 Å². The molecule has 0 rings (SSSR count). The van der Waals surface area contributed by atoms with Crippen LogP contribution in [0.2, 0.25) is 78.6 Å². The zero-order valence-electron chi connectivity index (χ0n) is 20.2. The molecule has 0 saturated carbocycles. The molecular formula is C18H45NO5Si4. The van der Waals surface area contributed by atoms with E-state index >= 15 is 0 Å². The molecule has 0 bridgehead atoms. The van der Waals surface area contributed by atoms with E-state index in [1.165, 1.54) is 0 Å². The Labute approximate surface area is 177 Å². The molecule has 0 amide bonds. The normalized spacial score (nSPS) is 18.5. The molecule has 0 spiro atoms. The summed E-state index contributed by atoms with van der Waals surface area (Å²) >= 11 is 0. The van der Waals surface area contributed by atoms with Crippen LogP contribution in [0.15, 0.2) is 0 Å². The summed E-state index contributed by atoms with van der Waals surface area (Å²) in [5.74, 6) is 0. The minimum absolute atomic E-state index is 0.322. The predicted octanol–water partition coefficient (Wildman–Crippen LogP) is 4.02. The average Bonchev–Trinajstić information content (AvgIpc) is 2.42. The molecule has 0 aliphatic carbocycles. The third-order valence-electron chi connectivity index (χ3n) is 3.39. The molecular weight excluding hydrogens is 423 g/mol. The van der Waals surface area contributed by atoms with Crippen LogP contribution in [0.4, 0.5) is 0 Å². The van der Waals surface area contributed by atoms with Gasteiger partial charge in [-0.3, -0.25) is 0 Å². The van der Waals surface area contributed by atoms with Gasteiger partial charge < -0.3 is 28.2 Å². The highest BCUT2D eigenvalue weighted by Crippen LogP contribution is 2.25. The summed E-state index contributed by atoms with van der Waals surface area (Å²) in [7, 11) is -7.62. The SMILES string of the molecule is C[Si](C)(C)OC[C@@H](O[Si](C)(C)C)[C@@H](O[Si](C)(C)C)[C@H](O[Si](C)(C)C)[C@@H](N)C=O. The second-order valence-corrected chi connectivity index (χ2v) is 29.2. The lowest BCUT2D eigenvalue weighted by molar-refractivity contribution is -0.114. The minimum Gasteiger partial charge on any atom is -0.415 e. The Bertz CT molecular complexity index is 480. The highest BCUT2D eigenvalue weighted by Gasteiger charge is 2.42. The van der Waals surface area contributed by atoms with Crippen molar-refractivity contribution in [3.05, 3.63) is 0 Å². The predicted molar refractivity (Wildman–Crippen MR) is 128 cm³/mol. The van der Waals surface area contributed by atoms with Gasteiger partial charge in [0.15, 0.2) is 33.3 Å². The van der Waals surface area contributed by atoms with Crippen LogP contribution >= 0.6 is 0 Å². The molecule has 0 aromatic rings. The molecule has 0 saturated heterocycles. The van der Waals surface area contributed by atoms with Crippen molar-refractivity contribution in [3.63, 3.8) is 0 Å². The van der Waals surface area contributed by atoms with Crippen LogP contribution in [0.1, 0.15) is 0 Å². The molecule has 6 nitrogen and oxygen atoms in total. The van der Waals surface area contributed by atoms with Crippen molar-refractivity contribution in [2.75, 3.05) is 6.61 Å². The van der Waals surface area contributed by atoms with Gasteiger partial charge in [-0.05, 0) is 78.6 Å². The van der Waals surface area contributed by atoms with Crippen molar-refractivity contribution in [1.29, 1.82) is 0 Å². The van der Waals surface area contributed by atoms with Crippen LogP contribution < -0.4 is 5.73 Å². The van der Waals surface area contributed by atoms with E-state index < -0.39 is 51.5 Å². The zero-order chi connectivity index (χ0) is 22.6. The highest BCUT2D eigenvalue weighted by molar-refractivity contribution is 6.71. The van der Waals surface area contributed by atoms with Crippen LogP contribution in [0.25, 0.3) is 0 Å². The second kappa shape index (κ2) is 10.6. The number of rotatable bonds is 13. The van der Waals surface area contributed by atoms with Gasteiger partial charge in [-0.1, -0.05) is 0 Å². The maximum atomic E-state index is 11.6. The highest BCUT2D eigenvalue weighted by atomic mass is 28.4. The Morgan fingerprint density at radius 3 is 1.39 bits per heavy atom. The second-order valence-electron chi connectivity index (χ2n) is 11.3. The first-order valence-electron chi connectivity index (χ1n) is 10.1. The fourth-order valence-corrected chi connectivity index (χ4v) is 6.58. The number of hydrogen-bond donors (Lipinski definition) is 1. The van der Waals surface area contributed by atoms with E-state index in [9.17, 15) is 4.79 Å². The van der Waals surface area contributed by atoms with Crippen molar-refractivity contribution in [2.24, 2.45) is 5.73 Å². The molecule has 10 heteroatoms. The van der Waals surface area contributed by atoms with Crippen LogP contribution in [-0.2, 0) is 22.5 Å². The smallest absolute Gasteiger partial charge is 0.184 e. The molecule has 0 aliphatic rings. The molecule has 0 aromatic carbocycles. The number of hydrogen-bond acceptors (Lipinski definition) is 6. The van der Waals surface area contributed by atoms with Crippen molar-refractivity contribution in [2.45, 2.75) is 103 Å². The fraction of sp³-hybridized carbons (Fsp3) is 0.944. The van der Waals surface area contributed by atoms with Gasteiger partial charge in [0.1, 0.15) is 6.29 Å². The molecule has 0 aliphatic heterocycles. The first-order chi connectivity index (χ1) is 12.2. The first-order valence-corrected chi connectivity index (χ1v) is 23.8. The van der Waals surface area contributed by atoms with Gasteiger partial charge in [-0.15, -0.1) is 0 Å². The average molecular weight is 468 g/mol. The molecule has 168 valence electrons. The van der Waals surface area contributed by atoms with E-state index in [0.29, 0.717) is 6.61 Å². The van der Waals surface area contributed by atoms with Gasteiger partial charge in [-0.2, -0.15) is 0 Å². The maximum Gasteiger partial charge on any atom is 0.184 e. The summed E-state index contributed by atoms with van der Waals surface area (Å²) in [6.45, 7) is 26.0. The van der Waals surface area contributed by atoms with Gasteiger partial charge in [-0.25, -0.2) is 0 Å². The lowest BCUT2D eigenvalue weighted by atomic mass is 10.0. The molecule has 4 atom stereocenters. The lowest BCUT2D eigenvalue weighted by Gasteiger charge is -2.43. The largest absolute Gasteiger partial charge is 0.415 e. The van der Waals surface area contributed by atoms with Crippen molar-refractivity contribution < 1.29 is 22.5 Å². The molecule has 0 fully saturated rings. The van der Waals surface area contributed by atoms with E-state index in [-0.39, 0.29) is 6.10 Å². The zero-order valence-corrected chi connectivity index (χ0v) is 24.2. The Hall–Kier alpha value is 0.338. The Kier molecular flexibility index (Phi) is 10.7. The Morgan fingerprint density at radius 2 is 1.07 bits per heavy atom. The monoisotopic (exact) mass is 467 g/mol. The summed E-state index contributed by atoms with van der Waals surface area (Å²) in [6.07, 6.45) is -0.558. The van der Waals surface area contributed by atoms with Crippen LogP contribution in [0.3, 0.4) is 0 Å². The van der Waals surface area contributed by atoms with Gasteiger partial charge in [0.05, 0.1) is 31.0 Å². The van der Waals surface area contributed by atoms with Crippen molar-refractivity contribution in [3.8, 4) is 0 Å². The van der Waals surface area contributed by atoms with Crippen molar-refractivity contribution in [1.82, 2.24) is 0 Å². The van der Waals surface area contributed by atoms with Gasteiger partial charge in [0, 0.05) is 0 Å². The summed E-state index contributed by atoms with van der Waals surface area (Å²) < 4.78 is 25.7. The van der Waals surface area contributed by atoms with Crippen LogP contribution in [0.5, 0.6) is 0 Å². The first kappa shape index (κ1) is 28.3.